The van der Waals surface area contributed by atoms with Crippen LogP contribution in [0, 0.1) is 11.8 Å². The Labute approximate surface area is 183 Å². The summed E-state index contributed by atoms with van der Waals surface area (Å²) in [5.74, 6) is 4.72. The van der Waals surface area contributed by atoms with Crippen LogP contribution in [0.25, 0.3) is 0 Å². The van der Waals surface area contributed by atoms with Crippen LogP contribution in [0.4, 0.5) is 23.3 Å². The molecule has 9 nitrogen and oxygen atoms in total. The molecule has 3 fully saturated rings. The Morgan fingerprint density at radius 3 is 2.48 bits per heavy atom. The smallest absolute Gasteiger partial charge is 0.229 e. The molecule has 1 saturated carbocycles. The molecule has 2 aliphatic heterocycles. The molecule has 5 rings (SSSR count). The molecule has 2 atom stereocenters. The highest BCUT2D eigenvalue weighted by Gasteiger charge is 2.46. The first-order chi connectivity index (χ1) is 15.2. The van der Waals surface area contributed by atoms with Gasteiger partial charge in [0.2, 0.25) is 5.95 Å². The average molecular weight is 426 g/mol. The van der Waals surface area contributed by atoms with E-state index in [9.17, 15) is 0 Å². The number of morpholine rings is 1. The largest absolute Gasteiger partial charge is 0.497 e. The third-order valence-corrected chi connectivity index (χ3v) is 6.49. The molecule has 3 aliphatic rings. The SMILES string of the molecule is CNN(Cc1ccc(OC)cc1)c1nc(N2CCOCC2)nc(N2CC3C[C@@H]3C2)c1N. The third kappa shape index (κ3) is 4.07. The van der Waals surface area contributed by atoms with Gasteiger partial charge in [0, 0.05) is 33.2 Å². The van der Waals surface area contributed by atoms with Gasteiger partial charge in [-0.25, -0.2) is 5.43 Å². The summed E-state index contributed by atoms with van der Waals surface area (Å²) in [5, 5.41) is 1.99. The van der Waals surface area contributed by atoms with Crippen molar-refractivity contribution in [2.75, 3.05) is 74.1 Å². The fraction of sp³-hybridized carbons (Fsp3) is 0.545. The van der Waals surface area contributed by atoms with E-state index in [0.717, 1.165) is 61.1 Å². The van der Waals surface area contributed by atoms with Crippen molar-refractivity contribution in [3.05, 3.63) is 29.8 Å². The Kier molecular flexibility index (Phi) is 5.45. The lowest BCUT2D eigenvalue weighted by atomic mass is 10.2. The standard InChI is InChI=1S/C22H31N7O2/c1-24-29(12-15-3-5-18(30-2)6-4-15)21-19(23)20(28-13-16-11-17(16)14-28)25-22(26-21)27-7-9-31-10-8-27/h3-6,16-17,24H,7-14,23H2,1-2H3/t16-,17?/m1/s1. The van der Waals surface area contributed by atoms with E-state index in [0.29, 0.717) is 31.3 Å². The van der Waals surface area contributed by atoms with Gasteiger partial charge in [-0.15, -0.1) is 0 Å². The molecular weight excluding hydrogens is 394 g/mol. The van der Waals surface area contributed by atoms with Crippen LogP contribution in [-0.4, -0.2) is 63.5 Å². The van der Waals surface area contributed by atoms with Gasteiger partial charge in [0.25, 0.3) is 0 Å². The predicted molar refractivity (Wildman–Crippen MR) is 122 cm³/mol. The molecule has 166 valence electrons. The molecule has 0 amide bonds. The van der Waals surface area contributed by atoms with E-state index in [1.807, 2.05) is 24.2 Å². The summed E-state index contributed by atoms with van der Waals surface area (Å²) < 4.78 is 10.8. The number of rotatable bonds is 7. The van der Waals surface area contributed by atoms with Crippen molar-refractivity contribution in [3.63, 3.8) is 0 Å². The lowest BCUT2D eigenvalue weighted by molar-refractivity contribution is 0.122. The van der Waals surface area contributed by atoms with Gasteiger partial charge in [-0.05, 0) is 36.0 Å². The van der Waals surface area contributed by atoms with E-state index in [4.69, 9.17) is 25.2 Å². The first-order valence-corrected chi connectivity index (χ1v) is 11.0. The minimum Gasteiger partial charge on any atom is -0.497 e. The Bertz CT molecular complexity index is 907. The van der Waals surface area contributed by atoms with Crippen molar-refractivity contribution in [2.24, 2.45) is 11.8 Å². The van der Waals surface area contributed by atoms with Crippen LogP contribution < -0.4 is 30.7 Å². The summed E-state index contributed by atoms with van der Waals surface area (Å²) in [6, 6.07) is 8.04. The fourth-order valence-corrected chi connectivity index (χ4v) is 4.53. The zero-order valence-corrected chi connectivity index (χ0v) is 18.3. The number of nitrogens with zero attached hydrogens (tertiary/aromatic N) is 5. The van der Waals surface area contributed by atoms with Crippen LogP contribution in [0.3, 0.4) is 0 Å². The summed E-state index contributed by atoms with van der Waals surface area (Å²) in [6.07, 6.45) is 1.34. The summed E-state index contributed by atoms with van der Waals surface area (Å²) in [6.45, 7) is 5.63. The Hall–Kier alpha value is -2.78. The van der Waals surface area contributed by atoms with Crippen molar-refractivity contribution < 1.29 is 9.47 Å². The van der Waals surface area contributed by atoms with Crippen LogP contribution in [0.15, 0.2) is 24.3 Å². The first-order valence-electron chi connectivity index (χ1n) is 11.0. The highest BCUT2D eigenvalue weighted by Crippen LogP contribution is 2.47. The predicted octanol–water partition coefficient (Wildman–Crippen LogP) is 1.50. The molecule has 31 heavy (non-hydrogen) atoms. The maximum Gasteiger partial charge on any atom is 0.229 e. The van der Waals surface area contributed by atoms with Crippen molar-refractivity contribution in [1.29, 1.82) is 0 Å². The lowest BCUT2D eigenvalue weighted by Crippen LogP contribution is -2.40. The number of hydrogen-bond donors (Lipinski definition) is 2. The zero-order chi connectivity index (χ0) is 21.4. The topological polar surface area (TPSA) is 92.0 Å². The molecular formula is C22H31N7O2. The van der Waals surface area contributed by atoms with Crippen molar-refractivity contribution >= 4 is 23.3 Å². The summed E-state index contributed by atoms with van der Waals surface area (Å²) in [5.41, 5.74) is 11.7. The maximum absolute atomic E-state index is 6.69. The van der Waals surface area contributed by atoms with Crippen molar-refractivity contribution in [1.82, 2.24) is 15.4 Å². The number of nitrogens with one attached hydrogen (secondary N) is 1. The highest BCUT2D eigenvalue weighted by molar-refractivity contribution is 5.78. The first kappa shape index (κ1) is 20.1. The van der Waals surface area contributed by atoms with Crippen LogP contribution in [-0.2, 0) is 11.3 Å². The number of benzene rings is 1. The molecule has 3 N–H and O–H groups in total. The van der Waals surface area contributed by atoms with Crippen LogP contribution in [0.2, 0.25) is 0 Å². The normalized spacial score (nSPS) is 22.4. The molecule has 1 aliphatic carbocycles. The van der Waals surface area contributed by atoms with E-state index in [1.165, 1.54) is 6.42 Å². The van der Waals surface area contributed by atoms with Gasteiger partial charge in [-0.2, -0.15) is 9.97 Å². The van der Waals surface area contributed by atoms with Crippen LogP contribution >= 0.6 is 0 Å². The second kappa shape index (κ2) is 8.39. The Balaban J connectivity index is 1.48. The monoisotopic (exact) mass is 425 g/mol. The quantitative estimate of drug-likeness (QED) is 0.640. The van der Waals surface area contributed by atoms with Gasteiger partial charge in [0.1, 0.15) is 11.4 Å². The lowest BCUT2D eigenvalue weighted by Gasteiger charge is -2.32. The van der Waals surface area contributed by atoms with Gasteiger partial charge in [0.15, 0.2) is 11.6 Å². The van der Waals surface area contributed by atoms with E-state index in [2.05, 4.69) is 27.4 Å². The van der Waals surface area contributed by atoms with Gasteiger partial charge in [0.05, 0.1) is 26.9 Å². The summed E-state index contributed by atoms with van der Waals surface area (Å²) in [7, 11) is 3.57. The van der Waals surface area contributed by atoms with E-state index >= 15 is 0 Å². The molecule has 1 aromatic heterocycles. The second-order valence-corrected chi connectivity index (χ2v) is 8.50. The molecule has 2 saturated heterocycles. The number of aromatic nitrogens is 2. The van der Waals surface area contributed by atoms with Crippen LogP contribution in [0.5, 0.6) is 5.75 Å². The number of hydrogen-bond acceptors (Lipinski definition) is 9. The van der Waals surface area contributed by atoms with Gasteiger partial charge < -0.3 is 25.0 Å². The third-order valence-electron chi connectivity index (χ3n) is 6.49. The average Bonchev–Trinajstić information content (AvgIpc) is 3.43. The Morgan fingerprint density at radius 1 is 1.13 bits per heavy atom. The maximum atomic E-state index is 6.69. The molecule has 1 unspecified atom stereocenters. The second-order valence-electron chi connectivity index (χ2n) is 8.50. The molecule has 1 aromatic carbocycles. The zero-order valence-electron chi connectivity index (χ0n) is 18.3. The molecule has 9 heteroatoms. The van der Waals surface area contributed by atoms with Crippen LogP contribution in [0.1, 0.15) is 12.0 Å². The number of anilines is 4. The minimum absolute atomic E-state index is 0.620. The van der Waals surface area contributed by atoms with E-state index in [-0.39, 0.29) is 0 Å². The molecule has 0 bridgehead atoms. The highest BCUT2D eigenvalue weighted by atomic mass is 16.5. The van der Waals surface area contributed by atoms with Crippen molar-refractivity contribution in [3.8, 4) is 5.75 Å². The number of piperidine rings is 1. The summed E-state index contributed by atoms with van der Waals surface area (Å²) in [4.78, 5) is 14.4. The number of methoxy groups -OCH3 is 1. The van der Waals surface area contributed by atoms with Gasteiger partial charge >= 0.3 is 0 Å². The van der Waals surface area contributed by atoms with E-state index < -0.39 is 0 Å². The van der Waals surface area contributed by atoms with Crippen molar-refractivity contribution in [2.45, 2.75) is 13.0 Å². The molecule has 2 aromatic rings. The van der Waals surface area contributed by atoms with E-state index in [1.54, 1.807) is 7.11 Å². The Morgan fingerprint density at radius 2 is 1.84 bits per heavy atom. The number of nitrogen functional groups attached to an aromatic ring is 1. The minimum atomic E-state index is 0.620. The molecule has 0 radical (unpaired) electrons. The molecule has 3 heterocycles. The van der Waals surface area contributed by atoms with Gasteiger partial charge in [-0.1, -0.05) is 12.1 Å². The number of ether oxygens (including phenoxy) is 2. The fourth-order valence-electron chi connectivity index (χ4n) is 4.53. The summed E-state index contributed by atoms with van der Waals surface area (Å²) >= 11 is 0. The number of hydrazine groups is 1. The molecule has 0 spiro atoms. The number of fused-ring (bicyclic) bond motifs is 1. The number of nitrogens with two attached hydrogens (primary N) is 1. The van der Waals surface area contributed by atoms with Gasteiger partial charge in [-0.3, -0.25) is 5.01 Å².